The molecule has 0 aliphatic carbocycles. The molecule has 1 nitrogen and oxygen atoms in total. The first-order valence-corrected chi connectivity index (χ1v) is 15.0. The molecule has 8 aromatic rings. The van der Waals surface area contributed by atoms with Crippen molar-refractivity contribution in [3.63, 3.8) is 0 Å². The van der Waals surface area contributed by atoms with Gasteiger partial charge in [-0.25, -0.2) is 0 Å². The van der Waals surface area contributed by atoms with E-state index in [0.717, 1.165) is 15.8 Å². The minimum Gasteiger partial charge on any atom is -0.309 e. The van der Waals surface area contributed by atoms with E-state index < -0.39 is 0 Å². The summed E-state index contributed by atoms with van der Waals surface area (Å²) in [4.78, 5) is 2.41. The normalized spacial score (nSPS) is 11.5. The minimum absolute atomic E-state index is 1.13. The van der Waals surface area contributed by atoms with Gasteiger partial charge in [0.2, 0.25) is 0 Å². The Morgan fingerprint density at radius 2 is 0.595 bits per heavy atom. The Balaban J connectivity index is 1.59. The Morgan fingerprint density at radius 1 is 0.310 bits per heavy atom. The van der Waals surface area contributed by atoms with Gasteiger partial charge >= 0.3 is 0 Å². The number of hydrogen-bond acceptors (Lipinski definition) is 1. The quantitative estimate of drug-likeness (QED) is 0.182. The van der Waals surface area contributed by atoms with Crippen LogP contribution in [0, 0.1) is 0 Å². The predicted molar refractivity (Wildman–Crippen MR) is 184 cm³/mol. The largest absolute Gasteiger partial charge is 0.309 e. The van der Waals surface area contributed by atoms with E-state index in [0.29, 0.717) is 0 Å². The first kappa shape index (κ1) is 24.8. The zero-order valence-corrected chi connectivity index (χ0v) is 24.4. The maximum Gasteiger partial charge on any atom is 0.0618 e. The summed E-state index contributed by atoms with van der Waals surface area (Å²) in [6.45, 7) is 0. The predicted octanol–water partition coefficient (Wildman–Crippen LogP) is 12.2. The van der Waals surface area contributed by atoms with Crippen LogP contribution >= 0.6 is 15.9 Å². The van der Waals surface area contributed by atoms with E-state index in [1.165, 1.54) is 59.9 Å². The fourth-order valence-corrected chi connectivity index (χ4v) is 7.21. The monoisotopic (exact) mass is 599 g/mol. The van der Waals surface area contributed by atoms with Crippen LogP contribution in [0.25, 0.3) is 54.2 Å². The molecule has 0 radical (unpaired) electrons. The highest BCUT2D eigenvalue weighted by atomic mass is 79.9. The van der Waals surface area contributed by atoms with Crippen molar-refractivity contribution in [2.45, 2.75) is 0 Å². The molecule has 0 amide bonds. The Hall–Kier alpha value is -4.92. The molecule has 0 bridgehead atoms. The lowest BCUT2D eigenvalue weighted by molar-refractivity contribution is 1.31. The summed E-state index contributed by atoms with van der Waals surface area (Å²) in [6.07, 6.45) is 0. The van der Waals surface area contributed by atoms with Crippen LogP contribution < -0.4 is 4.90 Å². The average Bonchev–Trinajstić information content (AvgIpc) is 3.07. The van der Waals surface area contributed by atoms with Gasteiger partial charge in [0.05, 0.1) is 5.69 Å². The van der Waals surface area contributed by atoms with Crippen LogP contribution in [0.2, 0.25) is 0 Å². The van der Waals surface area contributed by atoms with Gasteiger partial charge in [0.1, 0.15) is 0 Å². The van der Waals surface area contributed by atoms with E-state index in [-0.39, 0.29) is 0 Å². The lowest BCUT2D eigenvalue weighted by atomic mass is 9.85. The van der Waals surface area contributed by atoms with Gasteiger partial charge in [0.15, 0.2) is 0 Å². The molecule has 0 saturated heterocycles. The lowest BCUT2D eigenvalue weighted by Gasteiger charge is -2.29. The van der Waals surface area contributed by atoms with Crippen LogP contribution in [0.1, 0.15) is 0 Å². The zero-order chi connectivity index (χ0) is 28.0. The number of halogens is 1. The Bertz CT molecular complexity index is 2100. The summed E-state index contributed by atoms with van der Waals surface area (Å²) in [5, 5.41) is 9.84. The molecular formula is C40H26BrN. The second kappa shape index (κ2) is 10.2. The molecule has 0 saturated carbocycles. The highest BCUT2D eigenvalue weighted by Gasteiger charge is 2.24. The third-order valence-electron chi connectivity index (χ3n) is 8.27. The van der Waals surface area contributed by atoms with Crippen LogP contribution in [0.4, 0.5) is 17.1 Å². The summed E-state index contributed by atoms with van der Waals surface area (Å²) in [7, 11) is 0. The van der Waals surface area contributed by atoms with E-state index in [2.05, 4.69) is 179 Å². The van der Waals surface area contributed by atoms with Crippen LogP contribution in [-0.2, 0) is 0 Å². The Kier molecular flexibility index (Phi) is 6.01. The Labute approximate surface area is 253 Å². The minimum atomic E-state index is 1.13. The maximum absolute atomic E-state index is 3.96. The summed E-state index contributed by atoms with van der Waals surface area (Å²) < 4.78 is 1.14. The van der Waals surface area contributed by atoms with Crippen molar-refractivity contribution < 1.29 is 0 Å². The third kappa shape index (κ3) is 3.83. The number of nitrogens with zero attached hydrogens (tertiary/aromatic N) is 1. The standard InChI is InChI=1S/C40H26BrN/c41-39-33-23-11-7-19-29(33)37(30-20-8-12-24-34(30)39)38-31-21-9-13-25-35(31)40(36-26-14-10-22-32(36)38)42(27-15-3-1-4-16-27)28-17-5-2-6-18-28/h1-26H. The molecule has 0 spiro atoms. The van der Waals surface area contributed by atoms with E-state index in [9.17, 15) is 0 Å². The molecule has 8 rings (SSSR count). The van der Waals surface area contributed by atoms with Crippen molar-refractivity contribution in [2.24, 2.45) is 0 Å². The fourth-order valence-electron chi connectivity index (χ4n) is 6.52. The van der Waals surface area contributed by atoms with Gasteiger partial charge in [-0.15, -0.1) is 0 Å². The SMILES string of the molecule is Brc1c2ccccc2c(-c2c3ccccc3c(N(c3ccccc3)c3ccccc3)c3ccccc23)c2ccccc12. The molecule has 0 unspecified atom stereocenters. The van der Waals surface area contributed by atoms with Crippen molar-refractivity contribution in [1.29, 1.82) is 0 Å². The van der Waals surface area contributed by atoms with Crippen LogP contribution in [-0.4, -0.2) is 0 Å². The highest BCUT2D eigenvalue weighted by molar-refractivity contribution is 9.10. The van der Waals surface area contributed by atoms with Gasteiger partial charge < -0.3 is 4.90 Å². The van der Waals surface area contributed by atoms with E-state index >= 15 is 0 Å². The molecule has 42 heavy (non-hydrogen) atoms. The van der Waals surface area contributed by atoms with Crippen LogP contribution in [0.5, 0.6) is 0 Å². The fraction of sp³-hybridized carbons (Fsp3) is 0. The van der Waals surface area contributed by atoms with E-state index in [4.69, 9.17) is 0 Å². The second-order valence-electron chi connectivity index (χ2n) is 10.6. The number of benzene rings is 8. The maximum atomic E-state index is 3.96. The summed E-state index contributed by atoms with van der Waals surface area (Å²) in [6, 6.07) is 56.7. The lowest BCUT2D eigenvalue weighted by Crippen LogP contribution is -2.11. The molecule has 198 valence electrons. The van der Waals surface area contributed by atoms with Crippen molar-refractivity contribution >= 4 is 76.1 Å². The first-order valence-electron chi connectivity index (χ1n) is 14.2. The number of anilines is 3. The number of hydrogen-bond donors (Lipinski definition) is 0. The molecule has 0 N–H and O–H groups in total. The molecular weight excluding hydrogens is 574 g/mol. The van der Waals surface area contributed by atoms with Gasteiger partial charge in [-0.3, -0.25) is 0 Å². The number of fused-ring (bicyclic) bond motifs is 4. The molecule has 0 aromatic heterocycles. The van der Waals surface area contributed by atoms with Crippen molar-refractivity contribution in [3.8, 4) is 11.1 Å². The third-order valence-corrected chi connectivity index (χ3v) is 9.13. The molecule has 0 fully saturated rings. The molecule has 0 aliphatic heterocycles. The van der Waals surface area contributed by atoms with Gasteiger partial charge in [-0.1, -0.05) is 133 Å². The second-order valence-corrected chi connectivity index (χ2v) is 11.4. The van der Waals surface area contributed by atoms with Crippen LogP contribution in [0.15, 0.2) is 162 Å². The molecule has 0 heterocycles. The van der Waals surface area contributed by atoms with Gasteiger partial charge in [-0.2, -0.15) is 0 Å². The van der Waals surface area contributed by atoms with Crippen molar-refractivity contribution in [1.82, 2.24) is 0 Å². The molecule has 8 aromatic carbocycles. The molecule has 0 atom stereocenters. The summed E-state index contributed by atoms with van der Waals surface area (Å²) in [5.41, 5.74) is 5.99. The highest BCUT2D eigenvalue weighted by Crippen LogP contribution is 2.51. The number of para-hydroxylation sites is 2. The first-order chi connectivity index (χ1) is 20.8. The van der Waals surface area contributed by atoms with Gasteiger partial charge in [0.25, 0.3) is 0 Å². The van der Waals surface area contributed by atoms with E-state index in [1.54, 1.807) is 0 Å². The smallest absolute Gasteiger partial charge is 0.0618 e. The van der Waals surface area contributed by atoms with Crippen LogP contribution in [0.3, 0.4) is 0 Å². The Morgan fingerprint density at radius 3 is 0.976 bits per heavy atom. The topological polar surface area (TPSA) is 3.24 Å². The summed E-state index contributed by atoms with van der Waals surface area (Å²) >= 11 is 3.96. The average molecular weight is 601 g/mol. The molecule has 0 aliphatic rings. The zero-order valence-electron chi connectivity index (χ0n) is 22.8. The van der Waals surface area contributed by atoms with Gasteiger partial charge in [-0.05, 0) is 83.6 Å². The summed E-state index contributed by atoms with van der Waals surface area (Å²) in [5.74, 6) is 0. The van der Waals surface area contributed by atoms with Gasteiger partial charge in [0, 0.05) is 26.6 Å². The van der Waals surface area contributed by atoms with Crippen molar-refractivity contribution in [2.75, 3.05) is 4.90 Å². The van der Waals surface area contributed by atoms with E-state index in [1.807, 2.05) is 0 Å². The number of rotatable bonds is 4. The van der Waals surface area contributed by atoms with Crippen molar-refractivity contribution in [3.05, 3.63) is 162 Å². The molecule has 2 heteroatoms.